The molecule has 1 unspecified atom stereocenters. The third-order valence-electron chi connectivity index (χ3n) is 2.79. The highest BCUT2D eigenvalue weighted by molar-refractivity contribution is 5.77. The number of nitrogens with one attached hydrogen (secondary N) is 1. The van der Waals surface area contributed by atoms with Crippen LogP contribution in [0.1, 0.15) is 51.3 Å². The van der Waals surface area contributed by atoms with Crippen LogP contribution in [0.4, 0.5) is 0 Å². The van der Waals surface area contributed by atoms with Gasteiger partial charge in [0.25, 0.3) is 0 Å². The maximum absolute atomic E-state index is 11.9. The second-order valence-corrected chi connectivity index (χ2v) is 6.16. The van der Waals surface area contributed by atoms with E-state index >= 15 is 0 Å². The molecule has 3 nitrogen and oxygen atoms in total. The van der Waals surface area contributed by atoms with Gasteiger partial charge in [0.1, 0.15) is 0 Å². The number of nitrogens with two attached hydrogens (primary N) is 1. The highest BCUT2D eigenvalue weighted by atomic mass is 16.1. The Kier molecular flexibility index (Phi) is 5.79. The van der Waals surface area contributed by atoms with Crippen LogP contribution in [0, 0.1) is 17.3 Å². The summed E-state index contributed by atoms with van der Waals surface area (Å²) in [5.74, 6) is 5.91. The number of carbonyl (C=O) groups is 1. The van der Waals surface area contributed by atoms with Gasteiger partial charge in [-0.15, -0.1) is 0 Å². The molecule has 0 aliphatic carbocycles. The average molecular weight is 272 g/mol. The molecule has 0 saturated carbocycles. The Balaban J connectivity index is 2.72. The maximum Gasteiger partial charge on any atom is 0.220 e. The molecule has 0 aliphatic rings. The Hall–Kier alpha value is -1.79. The largest absolute Gasteiger partial charge is 0.350 e. The number of rotatable bonds is 3. The molecule has 0 aromatic heterocycles. The Morgan fingerprint density at radius 3 is 2.70 bits per heavy atom. The van der Waals surface area contributed by atoms with Gasteiger partial charge in [0, 0.05) is 12.0 Å². The molecule has 1 rings (SSSR count). The molecule has 108 valence electrons. The molecule has 3 heteroatoms. The van der Waals surface area contributed by atoms with Crippen LogP contribution in [0.3, 0.4) is 0 Å². The summed E-state index contributed by atoms with van der Waals surface area (Å²) in [4.78, 5) is 11.9. The number of carbonyl (C=O) groups excluding carboxylic acids is 1. The molecule has 1 amide bonds. The first-order valence-electron chi connectivity index (χ1n) is 6.90. The van der Waals surface area contributed by atoms with E-state index in [-0.39, 0.29) is 17.4 Å². The van der Waals surface area contributed by atoms with Crippen molar-refractivity contribution in [2.75, 3.05) is 6.54 Å². The van der Waals surface area contributed by atoms with Crippen LogP contribution in [0.5, 0.6) is 0 Å². The molecular formula is C17H24N2O. The zero-order valence-electron chi connectivity index (χ0n) is 12.8. The van der Waals surface area contributed by atoms with Crippen LogP contribution in [0.2, 0.25) is 0 Å². The summed E-state index contributed by atoms with van der Waals surface area (Å²) in [6, 6.07) is 7.85. The lowest BCUT2D eigenvalue weighted by Crippen LogP contribution is -2.29. The average Bonchev–Trinajstić information content (AvgIpc) is 2.34. The number of hydrogen-bond donors (Lipinski definition) is 2. The summed E-state index contributed by atoms with van der Waals surface area (Å²) in [6.45, 7) is 8.50. The molecule has 0 saturated heterocycles. The van der Waals surface area contributed by atoms with Gasteiger partial charge < -0.3 is 11.1 Å². The van der Waals surface area contributed by atoms with Gasteiger partial charge in [-0.1, -0.05) is 44.7 Å². The quantitative estimate of drug-likeness (QED) is 0.831. The van der Waals surface area contributed by atoms with E-state index in [0.29, 0.717) is 13.0 Å². The van der Waals surface area contributed by atoms with Crippen LogP contribution in [0.25, 0.3) is 0 Å². The van der Waals surface area contributed by atoms with E-state index in [1.165, 1.54) is 0 Å². The maximum atomic E-state index is 11.9. The standard InChI is InChI=1S/C17H24N2O/c1-13(19-16(20)12-17(2,3)4)15-9-5-7-14(11-15)8-6-10-18/h5,7,9,11,13H,10,12,18H2,1-4H3,(H,19,20). The summed E-state index contributed by atoms with van der Waals surface area (Å²) in [5.41, 5.74) is 7.34. The smallest absolute Gasteiger partial charge is 0.220 e. The first-order valence-corrected chi connectivity index (χ1v) is 6.90. The highest BCUT2D eigenvalue weighted by Gasteiger charge is 2.17. The third kappa shape index (κ3) is 5.90. The SMILES string of the molecule is CC(NC(=O)CC(C)(C)C)c1cccc(C#CCN)c1. The minimum absolute atomic E-state index is 0.00173. The van der Waals surface area contributed by atoms with Gasteiger partial charge >= 0.3 is 0 Å². The molecule has 1 atom stereocenters. The molecule has 0 heterocycles. The molecular weight excluding hydrogens is 248 g/mol. The van der Waals surface area contributed by atoms with Crippen molar-refractivity contribution in [3.8, 4) is 11.8 Å². The summed E-state index contributed by atoms with van der Waals surface area (Å²) >= 11 is 0. The van der Waals surface area contributed by atoms with E-state index in [0.717, 1.165) is 11.1 Å². The summed E-state index contributed by atoms with van der Waals surface area (Å²) in [7, 11) is 0. The van der Waals surface area contributed by atoms with Gasteiger partial charge in [-0.05, 0) is 30.0 Å². The molecule has 0 spiro atoms. The van der Waals surface area contributed by atoms with Crippen molar-refractivity contribution in [3.63, 3.8) is 0 Å². The monoisotopic (exact) mass is 272 g/mol. The molecule has 0 fully saturated rings. The Morgan fingerprint density at radius 2 is 2.10 bits per heavy atom. The van der Waals surface area contributed by atoms with Gasteiger partial charge in [0.05, 0.1) is 12.6 Å². The fraction of sp³-hybridized carbons (Fsp3) is 0.471. The zero-order valence-corrected chi connectivity index (χ0v) is 12.8. The first-order chi connectivity index (χ1) is 9.31. The van der Waals surface area contributed by atoms with Gasteiger partial charge in [-0.3, -0.25) is 4.79 Å². The zero-order chi connectivity index (χ0) is 15.2. The Labute approximate surface area is 121 Å². The summed E-state index contributed by atoms with van der Waals surface area (Å²) in [6.07, 6.45) is 0.518. The van der Waals surface area contributed by atoms with E-state index in [4.69, 9.17) is 5.73 Å². The fourth-order valence-electron chi connectivity index (χ4n) is 1.90. The fourth-order valence-corrected chi connectivity index (χ4v) is 1.90. The highest BCUT2D eigenvalue weighted by Crippen LogP contribution is 2.20. The second kappa shape index (κ2) is 7.12. The van der Waals surface area contributed by atoms with E-state index < -0.39 is 0 Å². The predicted octanol–water partition coefficient (Wildman–Crippen LogP) is 2.61. The molecule has 0 radical (unpaired) electrons. The third-order valence-corrected chi connectivity index (χ3v) is 2.79. The minimum atomic E-state index is -0.0236. The van der Waals surface area contributed by atoms with Gasteiger partial charge in [0.2, 0.25) is 5.91 Å². The van der Waals surface area contributed by atoms with Crippen LogP contribution >= 0.6 is 0 Å². The van der Waals surface area contributed by atoms with Crippen molar-refractivity contribution in [3.05, 3.63) is 35.4 Å². The van der Waals surface area contributed by atoms with Crippen LogP contribution in [-0.2, 0) is 4.79 Å². The van der Waals surface area contributed by atoms with Gasteiger partial charge in [-0.25, -0.2) is 0 Å². The molecule has 0 aliphatic heterocycles. The Morgan fingerprint density at radius 1 is 1.40 bits per heavy atom. The van der Waals surface area contributed by atoms with Crippen molar-refractivity contribution in [2.24, 2.45) is 11.1 Å². The van der Waals surface area contributed by atoms with Gasteiger partial charge in [0.15, 0.2) is 0 Å². The molecule has 3 N–H and O–H groups in total. The van der Waals surface area contributed by atoms with Crippen molar-refractivity contribution in [1.29, 1.82) is 0 Å². The predicted molar refractivity (Wildman–Crippen MR) is 83.0 cm³/mol. The number of hydrogen-bond acceptors (Lipinski definition) is 2. The van der Waals surface area contributed by atoms with E-state index in [2.05, 4.69) is 37.9 Å². The van der Waals surface area contributed by atoms with Crippen molar-refractivity contribution >= 4 is 5.91 Å². The lowest BCUT2D eigenvalue weighted by molar-refractivity contribution is -0.123. The lowest BCUT2D eigenvalue weighted by Gasteiger charge is -2.20. The van der Waals surface area contributed by atoms with E-state index in [1.807, 2.05) is 31.2 Å². The van der Waals surface area contributed by atoms with Crippen molar-refractivity contribution in [1.82, 2.24) is 5.32 Å². The van der Waals surface area contributed by atoms with Crippen LogP contribution < -0.4 is 11.1 Å². The first kappa shape index (κ1) is 16.3. The molecule has 20 heavy (non-hydrogen) atoms. The van der Waals surface area contributed by atoms with Gasteiger partial charge in [-0.2, -0.15) is 0 Å². The Bertz CT molecular complexity index is 518. The van der Waals surface area contributed by atoms with E-state index in [1.54, 1.807) is 0 Å². The minimum Gasteiger partial charge on any atom is -0.350 e. The summed E-state index contributed by atoms with van der Waals surface area (Å²) in [5, 5.41) is 3.02. The van der Waals surface area contributed by atoms with E-state index in [9.17, 15) is 4.79 Å². The number of benzene rings is 1. The molecule has 1 aromatic rings. The molecule has 1 aromatic carbocycles. The van der Waals surface area contributed by atoms with Crippen LogP contribution in [-0.4, -0.2) is 12.5 Å². The number of amides is 1. The topological polar surface area (TPSA) is 55.1 Å². The second-order valence-electron chi connectivity index (χ2n) is 6.16. The summed E-state index contributed by atoms with van der Waals surface area (Å²) < 4.78 is 0. The van der Waals surface area contributed by atoms with Crippen molar-refractivity contribution < 1.29 is 4.79 Å². The molecule has 0 bridgehead atoms. The van der Waals surface area contributed by atoms with Crippen LogP contribution in [0.15, 0.2) is 24.3 Å². The lowest BCUT2D eigenvalue weighted by atomic mass is 9.91. The normalized spacial score (nSPS) is 12.2. The van der Waals surface area contributed by atoms with Crippen molar-refractivity contribution in [2.45, 2.75) is 40.2 Å².